The molecule has 1 saturated heterocycles. The van der Waals surface area contributed by atoms with Crippen molar-refractivity contribution in [3.63, 3.8) is 0 Å². The molecule has 78 valence electrons. The summed E-state index contributed by atoms with van der Waals surface area (Å²) in [6, 6.07) is 0. The molecule has 1 atom stereocenters. The number of hydrogen-bond acceptors (Lipinski definition) is 3. The molecular formula is C10H15NO3. The number of ether oxygens (including phenoxy) is 1. The SMILES string of the molecule is C=CCN1C[C@@H](C(=O)OCC)CC1=O. The molecule has 0 unspecified atom stereocenters. The number of nitrogens with zero attached hydrogens (tertiary/aromatic N) is 1. The molecule has 0 aromatic rings. The number of hydrogen-bond donors (Lipinski definition) is 0. The Morgan fingerprint density at radius 2 is 2.50 bits per heavy atom. The Labute approximate surface area is 83.5 Å². The Hall–Kier alpha value is -1.32. The predicted octanol–water partition coefficient (Wildman–Crippen LogP) is 0.584. The minimum atomic E-state index is -0.289. The van der Waals surface area contributed by atoms with Crippen LogP contribution in [0.2, 0.25) is 0 Å². The molecule has 0 spiro atoms. The topological polar surface area (TPSA) is 46.6 Å². The number of carbonyl (C=O) groups excluding carboxylic acids is 2. The summed E-state index contributed by atoms with van der Waals surface area (Å²) in [4.78, 5) is 24.3. The average molecular weight is 197 g/mol. The van der Waals surface area contributed by atoms with E-state index in [1.54, 1.807) is 17.9 Å². The van der Waals surface area contributed by atoms with E-state index in [1.165, 1.54) is 0 Å². The highest BCUT2D eigenvalue weighted by atomic mass is 16.5. The molecule has 0 radical (unpaired) electrons. The molecule has 0 N–H and O–H groups in total. The Kier molecular flexibility index (Phi) is 3.68. The molecule has 1 aliphatic heterocycles. The van der Waals surface area contributed by atoms with Gasteiger partial charge in [-0.1, -0.05) is 6.08 Å². The fourth-order valence-electron chi connectivity index (χ4n) is 1.52. The molecule has 0 saturated carbocycles. The van der Waals surface area contributed by atoms with Crippen LogP contribution in [0, 0.1) is 5.92 Å². The average Bonchev–Trinajstić information content (AvgIpc) is 2.49. The monoisotopic (exact) mass is 197 g/mol. The Balaban J connectivity index is 2.49. The van der Waals surface area contributed by atoms with E-state index in [9.17, 15) is 9.59 Å². The van der Waals surface area contributed by atoms with Gasteiger partial charge in [-0.3, -0.25) is 9.59 Å². The second-order valence-electron chi connectivity index (χ2n) is 3.24. The van der Waals surface area contributed by atoms with E-state index in [2.05, 4.69) is 6.58 Å². The van der Waals surface area contributed by atoms with Crippen LogP contribution in [-0.2, 0) is 14.3 Å². The summed E-state index contributed by atoms with van der Waals surface area (Å²) < 4.78 is 4.86. The number of carbonyl (C=O) groups is 2. The minimum Gasteiger partial charge on any atom is -0.466 e. The molecule has 14 heavy (non-hydrogen) atoms. The number of rotatable bonds is 4. The number of amides is 1. The largest absolute Gasteiger partial charge is 0.466 e. The van der Waals surface area contributed by atoms with Gasteiger partial charge in [-0.05, 0) is 6.92 Å². The van der Waals surface area contributed by atoms with E-state index in [-0.39, 0.29) is 24.2 Å². The van der Waals surface area contributed by atoms with Crippen molar-refractivity contribution >= 4 is 11.9 Å². The van der Waals surface area contributed by atoms with Crippen LogP contribution in [0.5, 0.6) is 0 Å². The van der Waals surface area contributed by atoms with Crippen molar-refractivity contribution < 1.29 is 14.3 Å². The van der Waals surface area contributed by atoms with Crippen LogP contribution < -0.4 is 0 Å². The maximum Gasteiger partial charge on any atom is 0.311 e. The summed E-state index contributed by atoms with van der Waals surface area (Å²) in [5, 5.41) is 0. The first-order chi connectivity index (χ1) is 6.69. The minimum absolute atomic E-state index is 0.00273. The number of esters is 1. The summed E-state index contributed by atoms with van der Waals surface area (Å²) in [6.07, 6.45) is 1.93. The van der Waals surface area contributed by atoms with Crippen molar-refractivity contribution in [2.24, 2.45) is 5.92 Å². The third-order valence-corrected chi connectivity index (χ3v) is 2.18. The third kappa shape index (κ3) is 2.34. The summed E-state index contributed by atoms with van der Waals surface area (Å²) in [6.45, 7) is 6.65. The summed E-state index contributed by atoms with van der Waals surface area (Å²) in [5.41, 5.74) is 0. The molecule has 1 rings (SSSR count). The van der Waals surface area contributed by atoms with Crippen molar-refractivity contribution in [2.45, 2.75) is 13.3 Å². The molecule has 0 aromatic carbocycles. The van der Waals surface area contributed by atoms with E-state index in [4.69, 9.17) is 4.74 Å². The van der Waals surface area contributed by atoms with Crippen LogP contribution in [0.15, 0.2) is 12.7 Å². The van der Waals surface area contributed by atoms with Crippen LogP contribution in [0.1, 0.15) is 13.3 Å². The lowest BCUT2D eigenvalue weighted by Crippen LogP contribution is -2.26. The first kappa shape index (κ1) is 10.8. The number of likely N-dealkylation sites (tertiary alicyclic amines) is 1. The maximum absolute atomic E-state index is 11.4. The fraction of sp³-hybridized carbons (Fsp3) is 0.600. The van der Waals surface area contributed by atoms with Gasteiger partial charge in [-0.15, -0.1) is 6.58 Å². The molecule has 4 nitrogen and oxygen atoms in total. The van der Waals surface area contributed by atoms with E-state index in [0.29, 0.717) is 19.7 Å². The smallest absolute Gasteiger partial charge is 0.311 e. The van der Waals surface area contributed by atoms with Gasteiger partial charge in [0.1, 0.15) is 0 Å². The highest BCUT2D eigenvalue weighted by Gasteiger charge is 2.34. The maximum atomic E-state index is 11.4. The standard InChI is InChI=1S/C10H15NO3/c1-3-5-11-7-8(6-9(11)12)10(13)14-4-2/h3,8H,1,4-7H2,2H3/t8-/m0/s1. The molecule has 4 heteroatoms. The van der Waals surface area contributed by atoms with Crippen molar-refractivity contribution in [1.82, 2.24) is 4.90 Å². The van der Waals surface area contributed by atoms with Crippen molar-refractivity contribution in [3.8, 4) is 0 Å². The quantitative estimate of drug-likeness (QED) is 0.489. The highest BCUT2D eigenvalue weighted by Crippen LogP contribution is 2.18. The molecule has 0 aliphatic carbocycles. The van der Waals surface area contributed by atoms with Crippen LogP contribution in [0.4, 0.5) is 0 Å². The van der Waals surface area contributed by atoms with Gasteiger partial charge in [0.25, 0.3) is 0 Å². The van der Waals surface area contributed by atoms with Gasteiger partial charge < -0.3 is 9.64 Å². The Morgan fingerprint density at radius 1 is 1.79 bits per heavy atom. The molecule has 1 fully saturated rings. The summed E-state index contributed by atoms with van der Waals surface area (Å²) in [7, 11) is 0. The first-order valence-corrected chi connectivity index (χ1v) is 4.74. The predicted molar refractivity (Wildman–Crippen MR) is 51.5 cm³/mol. The van der Waals surface area contributed by atoms with E-state index in [0.717, 1.165) is 0 Å². The molecule has 0 aromatic heterocycles. The van der Waals surface area contributed by atoms with E-state index in [1.807, 2.05) is 0 Å². The van der Waals surface area contributed by atoms with Gasteiger partial charge in [-0.25, -0.2) is 0 Å². The van der Waals surface area contributed by atoms with E-state index < -0.39 is 0 Å². The lowest BCUT2D eigenvalue weighted by atomic mass is 10.1. The van der Waals surface area contributed by atoms with Gasteiger partial charge >= 0.3 is 5.97 Å². The lowest BCUT2D eigenvalue weighted by Gasteiger charge is -2.13. The van der Waals surface area contributed by atoms with Gasteiger partial charge in [0.2, 0.25) is 5.91 Å². The Morgan fingerprint density at radius 3 is 3.07 bits per heavy atom. The van der Waals surface area contributed by atoms with Crippen molar-refractivity contribution in [2.75, 3.05) is 19.7 Å². The summed E-state index contributed by atoms with van der Waals surface area (Å²) >= 11 is 0. The summed E-state index contributed by atoms with van der Waals surface area (Å²) in [5.74, 6) is -0.558. The first-order valence-electron chi connectivity index (χ1n) is 4.74. The van der Waals surface area contributed by atoms with Gasteiger partial charge in [0.15, 0.2) is 0 Å². The van der Waals surface area contributed by atoms with Crippen molar-refractivity contribution in [3.05, 3.63) is 12.7 Å². The van der Waals surface area contributed by atoms with Gasteiger partial charge in [-0.2, -0.15) is 0 Å². The molecular weight excluding hydrogens is 182 g/mol. The van der Waals surface area contributed by atoms with Crippen molar-refractivity contribution in [1.29, 1.82) is 0 Å². The second kappa shape index (κ2) is 4.79. The van der Waals surface area contributed by atoms with Gasteiger partial charge in [0, 0.05) is 19.5 Å². The molecule has 1 heterocycles. The van der Waals surface area contributed by atoms with Crippen LogP contribution in [0.3, 0.4) is 0 Å². The molecule has 0 bridgehead atoms. The third-order valence-electron chi connectivity index (χ3n) is 2.18. The van der Waals surface area contributed by atoms with Crippen LogP contribution >= 0.6 is 0 Å². The molecule has 1 aliphatic rings. The van der Waals surface area contributed by atoms with Crippen LogP contribution in [0.25, 0.3) is 0 Å². The second-order valence-corrected chi connectivity index (χ2v) is 3.24. The zero-order valence-corrected chi connectivity index (χ0v) is 8.36. The zero-order chi connectivity index (χ0) is 10.6. The normalized spacial score (nSPS) is 21.1. The lowest BCUT2D eigenvalue weighted by molar-refractivity contribution is -0.147. The molecule has 1 amide bonds. The highest BCUT2D eigenvalue weighted by molar-refractivity contribution is 5.86. The van der Waals surface area contributed by atoms with E-state index >= 15 is 0 Å². The van der Waals surface area contributed by atoms with Gasteiger partial charge in [0.05, 0.1) is 12.5 Å². The van der Waals surface area contributed by atoms with Crippen LogP contribution in [-0.4, -0.2) is 36.5 Å². The zero-order valence-electron chi connectivity index (χ0n) is 8.36. The Bertz CT molecular complexity index is 250. The fourth-order valence-corrected chi connectivity index (χ4v) is 1.52.